The summed E-state index contributed by atoms with van der Waals surface area (Å²) in [5.41, 5.74) is 5.40. The Balaban J connectivity index is 1.73. The summed E-state index contributed by atoms with van der Waals surface area (Å²) < 4.78 is 0. The summed E-state index contributed by atoms with van der Waals surface area (Å²) in [6, 6.07) is 14.1. The Labute approximate surface area is 186 Å². The van der Waals surface area contributed by atoms with E-state index in [0.29, 0.717) is 13.1 Å². The van der Waals surface area contributed by atoms with Crippen molar-refractivity contribution in [2.45, 2.75) is 59.4 Å². The summed E-state index contributed by atoms with van der Waals surface area (Å²) in [7, 11) is 0. The largest absolute Gasteiger partial charge is 0.334 e. The maximum atomic E-state index is 13.3. The average molecular weight is 422 g/mol. The molecular formula is C26H35N3O2. The second kappa shape index (κ2) is 10.5. The summed E-state index contributed by atoms with van der Waals surface area (Å²) in [5, 5.41) is 3.06. The predicted octanol–water partition coefficient (Wildman–Crippen LogP) is 5.47. The lowest BCUT2D eigenvalue weighted by atomic mass is 9.93. The lowest BCUT2D eigenvalue weighted by Crippen LogP contribution is -2.47. The first-order valence-corrected chi connectivity index (χ1v) is 11.4. The summed E-state index contributed by atoms with van der Waals surface area (Å²) in [5.74, 6) is 0.00940. The monoisotopic (exact) mass is 421 g/mol. The molecule has 0 bridgehead atoms. The first-order valence-electron chi connectivity index (χ1n) is 11.4. The lowest BCUT2D eigenvalue weighted by molar-refractivity contribution is -0.134. The lowest BCUT2D eigenvalue weighted by Gasteiger charge is -2.36. The molecule has 0 saturated heterocycles. The number of nitrogens with zero attached hydrogens (tertiary/aromatic N) is 2. The van der Waals surface area contributed by atoms with Crippen LogP contribution in [0.5, 0.6) is 0 Å². The normalized spacial score (nSPS) is 15.4. The number of aryl methyl sites for hydroxylation is 2. The Hall–Kier alpha value is -2.82. The molecule has 1 unspecified atom stereocenters. The van der Waals surface area contributed by atoms with E-state index < -0.39 is 0 Å². The number of hydrogen-bond acceptors (Lipinski definition) is 2. The number of amides is 3. The van der Waals surface area contributed by atoms with Gasteiger partial charge in [-0.2, -0.15) is 0 Å². The predicted molar refractivity (Wildman–Crippen MR) is 126 cm³/mol. The van der Waals surface area contributed by atoms with Gasteiger partial charge < -0.3 is 15.1 Å². The summed E-state index contributed by atoms with van der Waals surface area (Å²) in [6.07, 6.45) is 3.86. The number of para-hydroxylation sites is 1. The number of anilines is 1. The highest BCUT2D eigenvalue weighted by Gasteiger charge is 2.29. The van der Waals surface area contributed by atoms with Crippen molar-refractivity contribution in [1.29, 1.82) is 0 Å². The van der Waals surface area contributed by atoms with Crippen molar-refractivity contribution in [1.82, 2.24) is 9.80 Å². The molecule has 1 atom stereocenters. The van der Waals surface area contributed by atoms with Crippen molar-refractivity contribution in [3.8, 4) is 0 Å². The van der Waals surface area contributed by atoms with Gasteiger partial charge in [0, 0.05) is 18.8 Å². The number of rotatable bonds is 7. The fourth-order valence-electron chi connectivity index (χ4n) is 4.37. The van der Waals surface area contributed by atoms with Crippen LogP contribution < -0.4 is 5.32 Å². The van der Waals surface area contributed by atoms with Gasteiger partial charge in [0.15, 0.2) is 0 Å². The third-order valence-electron chi connectivity index (χ3n) is 6.27. The topological polar surface area (TPSA) is 52.7 Å². The summed E-state index contributed by atoms with van der Waals surface area (Å²) in [4.78, 5) is 30.0. The van der Waals surface area contributed by atoms with Crippen molar-refractivity contribution in [3.05, 3.63) is 64.7 Å². The van der Waals surface area contributed by atoms with Crippen LogP contribution in [0.3, 0.4) is 0 Å². The number of carbonyl (C=O) groups is 2. The molecule has 1 N–H and O–H groups in total. The van der Waals surface area contributed by atoms with Crippen LogP contribution in [-0.2, 0) is 11.2 Å². The maximum absolute atomic E-state index is 13.3. The van der Waals surface area contributed by atoms with E-state index in [2.05, 4.69) is 37.4 Å². The standard InChI is InChI=1S/C26H35N3O2/c1-5-6-9-16-28(26(31)27-25-19(2)11-10-12-20(25)3)18-24(30)29-17-15-22-13-7-8-14-23(22)21(29)4/h7-8,10-14,21H,5-6,9,15-18H2,1-4H3,(H,27,31). The van der Waals surface area contributed by atoms with Crippen molar-refractivity contribution >= 4 is 17.6 Å². The molecule has 5 heteroatoms. The Kier molecular flexibility index (Phi) is 7.72. The number of benzene rings is 2. The third-order valence-corrected chi connectivity index (χ3v) is 6.27. The number of nitrogens with one attached hydrogen (secondary N) is 1. The quantitative estimate of drug-likeness (QED) is 0.603. The SMILES string of the molecule is CCCCCN(CC(=O)N1CCc2ccccc2C1C)C(=O)Nc1c(C)cccc1C. The second-order valence-corrected chi connectivity index (χ2v) is 8.54. The minimum Gasteiger partial charge on any atom is -0.334 e. The molecule has 2 aromatic carbocycles. The molecule has 0 saturated carbocycles. The minimum absolute atomic E-state index is 0.00940. The fraction of sp³-hybridized carbons (Fsp3) is 0.462. The zero-order valence-corrected chi connectivity index (χ0v) is 19.3. The third kappa shape index (κ3) is 5.46. The Morgan fingerprint density at radius 1 is 1.06 bits per heavy atom. The van der Waals surface area contributed by atoms with Gasteiger partial charge in [0.25, 0.3) is 0 Å². The van der Waals surface area contributed by atoms with Gasteiger partial charge in [-0.1, -0.05) is 62.2 Å². The maximum Gasteiger partial charge on any atom is 0.322 e. The van der Waals surface area contributed by atoms with Crippen LogP contribution >= 0.6 is 0 Å². The van der Waals surface area contributed by atoms with E-state index in [1.54, 1.807) is 4.90 Å². The van der Waals surface area contributed by atoms with Crippen molar-refractivity contribution in [2.75, 3.05) is 25.0 Å². The summed E-state index contributed by atoms with van der Waals surface area (Å²) >= 11 is 0. The van der Waals surface area contributed by atoms with Crippen LogP contribution in [0.4, 0.5) is 10.5 Å². The van der Waals surface area contributed by atoms with Gasteiger partial charge in [0.05, 0.1) is 6.04 Å². The van der Waals surface area contributed by atoms with Gasteiger partial charge in [-0.25, -0.2) is 4.79 Å². The smallest absolute Gasteiger partial charge is 0.322 e. The molecule has 1 aliphatic rings. The Bertz CT molecular complexity index is 904. The number of unbranched alkanes of at least 4 members (excludes halogenated alkanes) is 2. The van der Waals surface area contributed by atoms with Crippen molar-refractivity contribution in [3.63, 3.8) is 0 Å². The Morgan fingerprint density at radius 2 is 1.77 bits per heavy atom. The minimum atomic E-state index is -0.202. The molecule has 3 amide bonds. The number of fused-ring (bicyclic) bond motifs is 1. The molecule has 0 fully saturated rings. The van der Waals surface area contributed by atoms with E-state index in [-0.39, 0.29) is 24.5 Å². The van der Waals surface area contributed by atoms with Gasteiger partial charge >= 0.3 is 6.03 Å². The highest BCUT2D eigenvalue weighted by Crippen LogP contribution is 2.29. The number of carbonyl (C=O) groups excluding carboxylic acids is 2. The zero-order chi connectivity index (χ0) is 22.4. The zero-order valence-electron chi connectivity index (χ0n) is 19.3. The Morgan fingerprint density at radius 3 is 2.48 bits per heavy atom. The van der Waals surface area contributed by atoms with E-state index in [1.807, 2.05) is 43.0 Å². The van der Waals surface area contributed by atoms with Gasteiger partial charge in [0.1, 0.15) is 6.54 Å². The molecule has 5 nitrogen and oxygen atoms in total. The molecule has 0 spiro atoms. The summed E-state index contributed by atoms with van der Waals surface area (Å²) in [6.45, 7) is 9.57. The van der Waals surface area contributed by atoms with Crippen LogP contribution in [0.25, 0.3) is 0 Å². The molecule has 3 rings (SSSR count). The van der Waals surface area contributed by atoms with E-state index in [0.717, 1.165) is 42.5 Å². The molecule has 31 heavy (non-hydrogen) atoms. The van der Waals surface area contributed by atoms with E-state index >= 15 is 0 Å². The van der Waals surface area contributed by atoms with Crippen LogP contribution in [0.2, 0.25) is 0 Å². The van der Waals surface area contributed by atoms with Crippen molar-refractivity contribution in [2.24, 2.45) is 0 Å². The van der Waals surface area contributed by atoms with Gasteiger partial charge in [0.2, 0.25) is 5.91 Å². The van der Waals surface area contributed by atoms with Gasteiger partial charge in [-0.3, -0.25) is 4.79 Å². The first-order chi connectivity index (χ1) is 14.9. The first kappa shape index (κ1) is 22.9. The highest BCUT2D eigenvalue weighted by molar-refractivity contribution is 5.93. The fourth-order valence-corrected chi connectivity index (χ4v) is 4.37. The van der Waals surface area contributed by atoms with Crippen LogP contribution in [0, 0.1) is 13.8 Å². The van der Waals surface area contributed by atoms with Crippen LogP contribution in [-0.4, -0.2) is 41.4 Å². The van der Waals surface area contributed by atoms with E-state index in [9.17, 15) is 9.59 Å². The van der Waals surface area contributed by atoms with Crippen molar-refractivity contribution < 1.29 is 9.59 Å². The molecule has 166 valence electrons. The van der Waals surface area contributed by atoms with Gasteiger partial charge in [-0.05, 0) is 55.9 Å². The van der Waals surface area contributed by atoms with Crippen LogP contribution in [0.1, 0.15) is 61.4 Å². The van der Waals surface area contributed by atoms with E-state index in [1.165, 1.54) is 11.1 Å². The second-order valence-electron chi connectivity index (χ2n) is 8.54. The number of urea groups is 1. The molecule has 1 aliphatic heterocycles. The van der Waals surface area contributed by atoms with E-state index in [4.69, 9.17) is 0 Å². The molecule has 1 heterocycles. The molecule has 0 aromatic heterocycles. The number of hydrogen-bond donors (Lipinski definition) is 1. The molecular weight excluding hydrogens is 386 g/mol. The average Bonchev–Trinajstić information content (AvgIpc) is 2.76. The molecule has 0 aliphatic carbocycles. The molecule has 0 radical (unpaired) electrons. The highest BCUT2D eigenvalue weighted by atomic mass is 16.2. The van der Waals surface area contributed by atoms with Gasteiger partial charge in [-0.15, -0.1) is 0 Å². The van der Waals surface area contributed by atoms with Crippen LogP contribution in [0.15, 0.2) is 42.5 Å². The molecule has 2 aromatic rings.